The largest absolute Gasteiger partial charge is 0.339 e. The summed E-state index contributed by atoms with van der Waals surface area (Å²) in [6, 6.07) is 6.65. The van der Waals surface area contributed by atoms with Crippen molar-refractivity contribution in [3.63, 3.8) is 0 Å². The molecule has 1 rings (SSSR count). The van der Waals surface area contributed by atoms with Gasteiger partial charge in [-0.2, -0.15) is 5.10 Å². The molecule has 98 valence electrons. The lowest BCUT2D eigenvalue weighted by atomic mass is 10.1. The minimum absolute atomic E-state index is 0.397. The Balaban J connectivity index is 2.50. The number of carbonyl (C=O) groups excluding carboxylic acids is 1. The van der Waals surface area contributed by atoms with Gasteiger partial charge < -0.3 is 5.32 Å². The summed E-state index contributed by atoms with van der Waals surface area (Å²) in [5.41, 5.74) is 3.89. The monoisotopic (exact) mass is 267 g/mol. The molecule has 0 radical (unpaired) electrons. The van der Waals surface area contributed by atoms with Crippen LogP contribution in [0.25, 0.3) is 0 Å². The first kappa shape index (κ1) is 14.5. The molecule has 0 spiro atoms. The zero-order valence-electron chi connectivity index (χ0n) is 10.8. The van der Waals surface area contributed by atoms with Crippen LogP contribution in [-0.4, -0.2) is 11.7 Å². The van der Waals surface area contributed by atoms with Crippen LogP contribution in [0.5, 0.6) is 0 Å². The second-order valence-electron chi connectivity index (χ2n) is 4.49. The van der Waals surface area contributed by atoms with Gasteiger partial charge in [-0.25, -0.2) is 10.2 Å². The summed E-state index contributed by atoms with van der Waals surface area (Å²) in [6.45, 7) is 6.08. The predicted octanol–water partition coefficient (Wildman–Crippen LogP) is 3.88. The molecule has 0 unspecified atom stereocenters. The predicted molar refractivity (Wildman–Crippen MR) is 76.2 cm³/mol. The molecule has 0 heterocycles. The third kappa shape index (κ3) is 5.19. The number of halogens is 1. The van der Waals surface area contributed by atoms with Gasteiger partial charge in [-0.1, -0.05) is 37.6 Å². The zero-order valence-corrected chi connectivity index (χ0v) is 11.6. The summed E-state index contributed by atoms with van der Waals surface area (Å²) >= 11 is 5.92. The van der Waals surface area contributed by atoms with Gasteiger partial charge in [0, 0.05) is 5.71 Å². The first-order valence-corrected chi connectivity index (χ1v) is 6.21. The lowest BCUT2D eigenvalue weighted by molar-refractivity contribution is 0.252. The molecular formula is C13H18ClN3O. The van der Waals surface area contributed by atoms with Crippen molar-refractivity contribution in [2.45, 2.75) is 27.2 Å². The smallest absolute Gasteiger partial charge is 0.305 e. The highest BCUT2D eigenvalue weighted by atomic mass is 35.5. The maximum atomic E-state index is 11.6. The Morgan fingerprint density at radius 1 is 1.39 bits per heavy atom. The van der Waals surface area contributed by atoms with Crippen LogP contribution in [0.15, 0.2) is 29.4 Å². The van der Waals surface area contributed by atoms with E-state index in [9.17, 15) is 4.79 Å². The van der Waals surface area contributed by atoms with Crippen molar-refractivity contribution >= 4 is 29.0 Å². The Kier molecular flexibility index (Phi) is 5.65. The Labute approximate surface area is 112 Å². The summed E-state index contributed by atoms with van der Waals surface area (Å²) in [4.78, 5) is 11.6. The lowest BCUT2D eigenvalue weighted by Gasteiger charge is -2.07. The number of anilines is 1. The van der Waals surface area contributed by atoms with E-state index in [1.165, 1.54) is 0 Å². The van der Waals surface area contributed by atoms with Crippen LogP contribution < -0.4 is 10.7 Å². The standard InChI is InChI=1S/C13H18ClN3O/c1-9(2)8-10(3)16-17-13(18)15-12-7-5-4-6-11(12)14/h4-7,9H,8H2,1-3H3,(H2,15,17,18)/b16-10-. The van der Waals surface area contributed by atoms with Crippen molar-refractivity contribution in [3.05, 3.63) is 29.3 Å². The van der Waals surface area contributed by atoms with Crippen LogP contribution in [0.3, 0.4) is 0 Å². The van der Waals surface area contributed by atoms with E-state index in [4.69, 9.17) is 11.6 Å². The summed E-state index contributed by atoms with van der Waals surface area (Å²) in [5.74, 6) is 0.516. The molecule has 1 aromatic carbocycles. The van der Waals surface area contributed by atoms with Gasteiger partial charge in [0.1, 0.15) is 0 Å². The molecule has 2 amide bonds. The molecule has 4 nitrogen and oxygen atoms in total. The number of hydrogen-bond acceptors (Lipinski definition) is 2. The van der Waals surface area contributed by atoms with Crippen LogP contribution in [0.2, 0.25) is 5.02 Å². The maximum absolute atomic E-state index is 11.6. The molecule has 5 heteroatoms. The van der Waals surface area contributed by atoms with Crippen molar-refractivity contribution in [3.8, 4) is 0 Å². The van der Waals surface area contributed by atoms with E-state index in [2.05, 4.69) is 29.7 Å². The van der Waals surface area contributed by atoms with Crippen LogP contribution in [0.4, 0.5) is 10.5 Å². The van der Waals surface area contributed by atoms with Gasteiger partial charge >= 0.3 is 6.03 Å². The van der Waals surface area contributed by atoms with Crippen LogP contribution in [-0.2, 0) is 0 Å². The number of rotatable bonds is 4. The third-order valence-electron chi connectivity index (χ3n) is 2.17. The van der Waals surface area contributed by atoms with E-state index < -0.39 is 6.03 Å². The first-order chi connectivity index (χ1) is 8.49. The number of benzene rings is 1. The Morgan fingerprint density at radius 3 is 2.67 bits per heavy atom. The van der Waals surface area contributed by atoms with Crippen molar-refractivity contribution < 1.29 is 4.79 Å². The zero-order chi connectivity index (χ0) is 13.5. The van der Waals surface area contributed by atoms with Crippen LogP contribution in [0, 0.1) is 5.92 Å². The highest BCUT2D eigenvalue weighted by Crippen LogP contribution is 2.19. The number of carbonyl (C=O) groups is 1. The summed E-state index contributed by atoms with van der Waals surface area (Å²) in [6.07, 6.45) is 0.854. The van der Waals surface area contributed by atoms with E-state index in [1.54, 1.807) is 24.3 Å². The molecule has 0 aliphatic heterocycles. The van der Waals surface area contributed by atoms with Gasteiger partial charge in [0.25, 0.3) is 0 Å². The van der Waals surface area contributed by atoms with Gasteiger partial charge in [-0.05, 0) is 31.4 Å². The second-order valence-corrected chi connectivity index (χ2v) is 4.90. The van der Waals surface area contributed by atoms with Crippen LogP contribution in [0.1, 0.15) is 27.2 Å². The maximum Gasteiger partial charge on any atom is 0.339 e. The number of amides is 2. The normalized spacial score (nSPS) is 11.5. The van der Waals surface area contributed by atoms with Gasteiger partial charge in [-0.15, -0.1) is 0 Å². The number of nitrogens with zero attached hydrogens (tertiary/aromatic N) is 1. The number of hydrogen-bond donors (Lipinski definition) is 2. The molecule has 0 aliphatic carbocycles. The first-order valence-electron chi connectivity index (χ1n) is 5.83. The van der Waals surface area contributed by atoms with Gasteiger partial charge in [0.15, 0.2) is 0 Å². The van der Waals surface area contributed by atoms with E-state index in [0.29, 0.717) is 16.6 Å². The number of hydrazone groups is 1. The molecule has 0 bridgehead atoms. The average molecular weight is 268 g/mol. The minimum Gasteiger partial charge on any atom is -0.305 e. The highest BCUT2D eigenvalue weighted by molar-refractivity contribution is 6.33. The number of urea groups is 1. The van der Waals surface area contributed by atoms with E-state index in [0.717, 1.165) is 12.1 Å². The average Bonchev–Trinajstić information content (AvgIpc) is 2.29. The Hall–Kier alpha value is -1.55. The van der Waals surface area contributed by atoms with Crippen molar-refractivity contribution in [1.29, 1.82) is 0 Å². The molecule has 0 fully saturated rings. The molecule has 2 N–H and O–H groups in total. The van der Waals surface area contributed by atoms with Gasteiger partial charge in [0.05, 0.1) is 10.7 Å². The van der Waals surface area contributed by atoms with E-state index in [-0.39, 0.29) is 0 Å². The van der Waals surface area contributed by atoms with E-state index >= 15 is 0 Å². The summed E-state index contributed by atoms with van der Waals surface area (Å²) in [7, 11) is 0. The Bertz CT molecular complexity index is 444. The molecule has 18 heavy (non-hydrogen) atoms. The summed E-state index contributed by atoms with van der Waals surface area (Å²) < 4.78 is 0. The molecule has 0 saturated carbocycles. The van der Waals surface area contributed by atoms with Gasteiger partial charge in [-0.3, -0.25) is 0 Å². The SMILES string of the molecule is C/C(CC(C)C)=N/NC(=O)Nc1ccccc1Cl. The molecule has 1 aromatic rings. The molecule has 0 aliphatic rings. The molecule has 0 saturated heterocycles. The van der Waals surface area contributed by atoms with E-state index in [1.807, 2.05) is 6.92 Å². The molecule has 0 atom stereocenters. The highest BCUT2D eigenvalue weighted by Gasteiger charge is 2.04. The fourth-order valence-corrected chi connectivity index (χ4v) is 1.68. The topological polar surface area (TPSA) is 53.5 Å². The fourth-order valence-electron chi connectivity index (χ4n) is 1.50. The molecular weight excluding hydrogens is 250 g/mol. The second kappa shape index (κ2) is 7.01. The Morgan fingerprint density at radius 2 is 2.06 bits per heavy atom. The lowest BCUT2D eigenvalue weighted by Crippen LogP contribution is -2.25. The molecule has 0 aromatic heterocycles. The fraction of sp³-hybridized carbons (Fsp3) is 0.385. The number of para-hydroxylation sites is 1. The number of nitrogens with one attached hydrogen (secondary N) is 2. The summed E-state index contributed by atoms with van der Waals surface area (Å²) in [5, 5.41) is 7.13. The minimum atomic E-state index is -0.397. The van der Waals surface area contributed by atoms with Crippen LogP contribution >= 0.6 is 11.6 Å². The van der Waals surface area contributed by atoms with Crippen molar-refractivity contribution in [2.75, 3.05) is 5.32 Å². The quantitative estimate of drug-likeness (QED) is 0.631. The third-order valence-corrected chi connectivity index (χ3v) is 2.50. The van der Waals surface area contributed by atoms with Crippen molar-refractivity contribution in [1.82, 2.24) is 5.43 Å². The van der Waals surface area contributed by atoms with Crippen molar-refractivity contribution in [2.24, 2.45) is 11.0 Å². The van der Waals surface area contributed by atoms with Gasteiger partial charge in [0.2, 0.25) is 0 Å².